The molecule has 3 nitrogen and oxygen atoms in total. The molecule has 1 heterocycles. The lowest BCUT2D eigenvalue weighted by Gasteiger charge is -1.82. The SMILES string of the molecule is N#Cc1[nH]ncc1C=CCS. The molecule has 0 aromatic carbocycles. The second kappa shape index (κ2) is 3.84. The van der Waals surface area contributed by atoms with Gasteiger partial charge in [0.15, 0.2) is 0 Å². The summed E-state index contributed by atoms with van der Waals surface area (Å²) in [5, 5.41) is 14.8. The Balaban J connectivity index is 2.87. The molecule has 0 unspecified atom stereocenters. The van der Waals surface area contributed by atoms with Gasteiger partial charge in [-0.1, -0.05) is 12.2 Å². The normalized spacial score (nSPS) is 10.2. The molecule has 4 heteroatoms. The number of nitriles is 1. The van der Waals surface area contributed by atoms with Crippen molar-refractivity contribution in [1.29, 1.82) is 5.26 Å². The molecule has 11 heavy (non-hydrogen) atoms. The van der Waals surface area contributed by atoms with E-state index in [2.05, 4.69) is 22.8 Å². The van der Waals surface area contributed by atoms with Crippen molar-refractivity contribution in [2.75, 3.05) is 5.75 Å². The zero-order valence-electron chi connectivity index (χ0n) is 5.78. The van der Waals surface area contributed by atoms with Gasteiger partial charge in [-0.05, 0) is 0 Å². The van der Waals surface area contributed by atoms with Crippen LogP contribution >= 0.6 is 12.6 Å². The Morgan fingerprint density at radius 1 is 1.82 bits per heavy atom. The Morgan fingerprint density at radius 2 is 2.64 bits per heavy atom. The number of thiol groups is 1. The van der Waals surface area contributed by atoms with Gasteiger partial charge in [0.05, 0.1) is 6.20 Å². The molecule has 0 saturated heterocycles. The molecule has 0 radical (unpaired) electrons. The molecule has 1 rings (SSSR count). The average molecular weight is 165 g/mol. The molecular weight excluding hydrogens is 158 g/mol. The molecule has 0 aliphatic rings. The van der Waals surface area contributed by atoms with E-state index >= 15 is 0 Å². The van der Waals surface area contributed by atoms with E-state index in [1.807, 2.05) is 18.2 Å². The number of hydrogen-bond acceptors (Lipinski definition) is 3. The Hall–Kier alpha value is -1.21. The maximum Gasteiger partial charge on any atom is 0.142 e. The Labute approximate surface area is 70.1 Å². The van der Waals surface area contributed by atoms with E-state index < -0.39 is 0 Å². The standard InChI is InChI=1S/C7H7N3S/c8-4-7-6(2-1-3-11)5-9-10-7/h1-2,5,11H,3H2,(H,9,10). The topological polar surface area (TPSA) is 52.5 Å². The van der Waals surface area contributed by atoms with Crippen molar-refractivity contribution in [2.24, 2.45) is 0 Å². The van der Waals surface area contributed by atoms with Gasteiger partial charge < -0.3 is 0 Å². The minimum absolute atomic E-state index is 0.489. The van der Waals surface area contributed by atoms with Crippen molar-refractivity contribution in [1.82, 2.24) is 10.2 Å². The summed E-state index contributed by atoms with van der Waals surface area (Å²) >= 11 is 3.99. The second-order valence-electron chi connectivity index (χ2n) is 1.90. The van der Waals surface area contributed by atoms with Gasteiger partial charge in [0.2, 0.25) is 0 Å². The monoisotopic (exact) mass is 165 g/mol. The maximum absolute atomic E-state index is 8.53. The van der Waals surface area contributed by atoms with Crippen molar-refractivity contribution in [2.45, 2.75) is 0 Å². The first-order chi connectivity index (χ1) is 5.38. The first kappa shape index (κ1) is 7.89. The molecule has 0 bridgehead atoms. The van der Waals surface area contributed by atoms with Gasteiger partial charge in [-0.15, -0.1) is 0 Å². The second-order valence-corrected chi connectivity index (χ2v) is 2.26. The van der Waals surface area contributed by atoms with Crippen LogP contribution in [0.25, 0.3) is 6.08 Å². The summed E-state index contributed by atoms with van der Waals surface area (Å²) in [5.74, 6) is 0.663. The van der Waals surface area contributed by atoms with Crippen LogP contribution in [0, 0.1) is 11.3 Å². The van der Waals surface area contributed by atoms with Gasteiger partial charge in [0.1, 0.15) is 11.8 Å². The number of H-pyrrole nitrogens is 1. The number of aromatic nitrogens is 2. The minimum atomic E-state index is 0.489. The first-order valence-electron chi connectivity index (χ1n) is 3.09. The van der Waals surface area contributed by atoms with Crippen molar-refractivity contribution < 1.29 is 0 Å². The summed E-state index contributed by atoms with van der Waals surface area (Å²) in [7, 11) is 0. The number of hydrogen-bond donors (Lipinski definition) is 2. The van der Waals surface area contributed by atoms with Crippen LogP contribution < -0.4 is 0 Å². The third-order valence-electron chi connectivity index (χ3n) is 1.18. The van der Waals surface area contributed by atoms with E-state index in [1.165, 1.54) is 0 Å². The summed E-state index contributed by atoms with van der Waals surface area (Å²) in [6, 6.07) is 1.99. The fourth-order valence-corrected chi connectivity index (χ4v) is 0.796. The summed E-state index contributed by atoms with van der Waals surface area (Å²) < 4.78 is 0. The highest BCUT2D eigenvalue weighted by Crippen LogP contribution is 2.04. The van der Waals surface area contributed by atoms with Crippen molar-refractivity contribution >= 4 is 18.7 Å². The molecule has 1 aromatic rings. The van der Waals surface area contributed by atoms with E-state index in [1.54, 1.807) is 6.20 Å². The highest BCUT2D eigenvalue weighted by molar-refractivity contribution is 7.80. The molecule has 56 valence electrons. The van der Waals surface area contributed by atoms with E-state index in [0.29, 0.717) is 11.4 Å². The number of rotatable bonds is 2. The first-order valence-corrected chi connectivity index (χ1v) is 3.72. The largest absolute Gasteiger partial charge is 0.267 e. The third-order valence-corrected chi connectivity index (χ3v) is 1.39. The molecule has 0 saturated carbocycles. The lowest BCUT2D eigenvalue weighted by Crippen LogP contribution is -1.76. The van der Waals surface area contributed by atoms with Crippen LogP contribution in [-0.4, -0.2) is 16.0 Å². The fraction of sp³-hybridized carbons (Fsp3) is 0.143. The van der Waals surface area contributed by atoms with Gasteiger partial charge in [-0.2, -0.15) is 23.0 Å². The molecule has 0 fully saturated rings. The lowest BCUT2D eigenvalue weighted by molar-refractivity contribution is 1.07. The van der Waals surface area contributed by atoms with Crippen LogP contribution in [0.3, 0.4) is 0 Å². The number of nitrogens with zero attached hydrogens (tertiary/aromatic N) is 2. The van der Waals surface area contributed by atoms with Crippen LogP contribution in [0.2, 0.25) is 0 Å². The van der Waals surface area contributed by atoms with Crippen LogP contribution in [0.1, 0.15) is 11.3 Å². The summed E-state index contributed by atoms with van der Waals surface area (Å²) in [4.78, 5) is 0. The van der Waals surface area contributed by atoms with Gasteiger partial charge in [0, 0.05) is 11.3 Å². The van der Waals surface area contributed by atoms with Crippen molar-refractivity contribution in [3.05, 3.63) is 23.5 Å². The zero-order chi connectivity index (χ0) is 8.10. The summed E-state index contributed by atoms with van der Waals surface area (Å²) in [5.41, 5.74) is 1.30. The number of nitrogens with one attached hydrogen (secondary N) is 1. The van der Waals surface area contributed by atoms with Crippen molar-refractivity contribution in [3.63, 3.8) is 0 Å². The lowest BCUT2D eigenvalue weighted by atomic mass is 10.2. The summed E-state index contributed by atoms with van der Waals surface area (Å²) in [6.45, 7) is 0. The van der Waals surface area contributed by atoms with Crippen LogP contribution in [0.15, 0.2) is 12.3 Å². The zero-order valence-corrected chi connectivity index (χ0v) is 6.68. The maximum atomic E-state index is 8.53. The third kappa shape index (κ3) is 1.85. The smallest absolute Gasteiger partial charge is 0.142 e. The molecule has 0 spiro atoms. The highest BCUT2D eigenvalue weighted by Gasteiger charge is 1.97. The molecule has 0 aliphatic heterocycles. The quantitative estimate of drug-likeness (QED) is 0.647. The van der Waals surface area contributed by atoms with Crippen LogP contribution in [0.5, 0.6) is 0 Å². The fourth-order valence-electron chi connectivity index (χ4n) is 0.691. The van der Waals surface area contributed by atoms with Gasteiger partial charge in [0.25, 0.3) is 0 Å². The molecule has 1 aromatic heterocycles. The predicted octanol–water partition coefficient (Wildman–Crippen LogP) is 1.22. The number of aromatic amines is 1. The van der Waals surface area contributed by atoms with E-state index in [4.69, 9.17) is 5.26 Å². The molecule has 0 amide bonds. The van der Waals surface area contributed by atoms with Gasteiger partial charge in [-0.25, -0.2) is 0 Å². The minimum Gasteiger partial charge on any atom is -0.267 e. The Kier molecular flexibility index (Phi) is 2.75. The summed E-state index contributed by atoms with van der Waals surface area (Å²) in [6.07, 6.45) is 5.28. The van der Waals surface area contributed by atoms with Gasteiger partial charge in [-0.3, -0.25) is 5.10 Å². The Bertz CT molecular complexity index is 295. The average Bonchev–Trinajstić information content (AvgIpc) is 2.47. The predicted molar refractivity (Wildman–Crippen MR) is 46.2 cm³/mol. The van der Waals surface area contributed by atoms with Crippen molar-refractivity contribution in [3.8, 4) is 6.07 Å². The molecule has 0 atom stereocenters. The van der Waals surface area contributed by atoms with Crippen LogP contribution in [0.4, 0.5) is 0 Å². The molecule has 0 aliphatic carbocycles. The van der Waals surface area contributed by atoms with E-state index in [0.717, 1.165) is 5.56 Å². The Morgan fingerprint density at radius 3 is 3.27 bits per heavy atom. The molecular formula is C7H7N3S. The van der Waals surface area contributed by atoms with E-state index in [-0.39, 0.29) is 0 Å². The van der Waals surface area contributed by atoms with Gasteiger partial charge >= 0.3 is 0 Å². The molecule has 1 N–H and O–H groups in total. The van der Waals surface area contributed by atoms with Crippen LogP contribution in [-0.2, 0) is 0 Å². The highest BCUT2D eigenvalue weighted by atomic mass is 32.1. The van der Waals surface area contributed by atoms with E-state index in [9.17, 15) is 0 Å².